The van der Waals surface area contributed by atoms with Crippen LogP contribution in [0, 0.1) is 11.6 Å². The van der Waals surface area contributed by atoms with Crippen molar-refractivity contribution < 1.29 is 27.1 Å². The molecule has 0 bridgehead atoms. The largest absolute Gasteiger partial charge is 0.477 e. The minimum absolute atomic E-state index is 0.0851. The smallest absolute Gasteiger partial charge is 0.341 e. The van der Waals surface area contributed by atoms with Crippen molar-refractivity contribution in [3.05, 3.63) is 41.6 Å². The molecule has 1 aromatic heterocycles. The molecule has 21 heavy (non-hydrogen) atoms. The van der Waals surface area contributed by atoms with Gasteiger partial charge < -0.3 is 5.11 Å². The maximum atomic E-state index is 13.9. The molecule has 0 aliphatic carbocycles. The van der Waals surface area contributed by atoms with Crippen LogP contribution >= 0.6 is 0 Å². The third kappa shape index (κ3) is 2.84. The molecule has 10 heteroatoms. The Kier molecular flexibility index (Phi) is 3.64. The Balaban J connectivity index is 2.50. The third-order valence-corrected chi connectivity index (χ3v) is 3.88. The number of hydrogen-bond acceptors (Lipinski definition) is 4. The second kappa shape index (κ2) is 5.13. The molecule has 0 spiro atoms. The highest BCUT2D eigenvalue weighted by molar-refractivity contribution is 7.92. The summed E-state index contributed by atoms with van der Waals surface area (Å²) in [6.45, 7) is 0. The van der Waals surface area contributed by atoms with Gasteiger partial charge in [0.15, 0.2) is 11.6 Å². The summed E-state index contributed by atoms with van der Waals surface area (Å²) in [5.41, 5.74) is -1.33. The Hall–Kier alpha value is -2.49. The van der Waals surface area contributed by atoms with Crippen LogP contribution in [0.5, 0.6) is 0 Å². The molecule has 0 aliphatic rings. The van der Waals surface area contributed by atoms with E-state index in [1.54, 1.807) is 7.05 Å². The lowest BCUT2D eigenvalue weighted by molar-refractivity contribution is 0.0685. The summed E-state index contributed by atoms with van der Waals surface area (Å²) < 4.78 is 54.4. The molecular weight excluding hydrogens is 308 g/mol. The molecule has 2 rings (SSSR count). The lowest BCUT2D eigenvalue weighted by Crippen LogP contribution is -2.17. The summed E-state index contributed by atoms with van der Waals surface area (Å²) in [6, 6.07) is 2.53. The number of anilines is 1. The highest BCUT2D eigenvalue weighted by Gasteiger charge is 2.27. The lowest BCUT2D eigenvalue weighted by Gasteiger charge is -2.08. The van der Waals surface area contributed by atoms with E-state index in [4.69, 9.17) is 5.11 Å². The summed E-state index contributed by atoms with van der Waals surface area (Å²) in [7, 11) is -2.89. The number of hydrogen-bond donors (Lipinski definition) is 2. The quantitative estimate of drug-likeness (QED) is 0.882. The Bertz CT molecular complexity index is 817. The summed E-state index contributed by atoms with van der Waals surface area (Å²) in [4.78, 5) is 9.79. The topological polar surface area (TPSA) is 101 Å². The molecule has 1 aromatic carbocycles. The molecule has 7 nitrogen and oxygen atoms in total. The maximum absolute atomic E-state index is 13.9. The monoisotopic (exact) mass is 317 g/mol. The van der Waals surface area contributed by atoms with Crippen molar-refractivity contribution in [1.29, 1.82) is 0 Å². The lowest BCUT2D eigenvalue weighted by atomic mass is 10.2. The van der Waals surface area contributed by atoms with E-state index in [-0.39, 0.29) is 5.82 Å². The van der Waals surface area contributed by atoms with E-state index in [1.165, 1.54) is 16.9 Å². The standard InChI is InChI=1S/C11H9F2N3O4S/c1-16-5-4-8(14-16)15-21(19,20)7-3-2-6(12)9(10(7)13)11(17)18/h2-5H,1H3,(H,14,15)(H,17,18). The average molecular weight is 317 g/mol. The number of carboxylic acids is 1. The number of rotatable bonds is 4. The molecule has 2 aromatic rings. The molecular formula is C11H9F2N3O4S. The zero-order chi connectivity index (χ0) is 15.8. The maximum Gasteiger partial charge on any atom is 0.341 e. The Morgan fingerprint density at radius 1 is 1.33 bits per heavy atom. The molecule has 1 heterocycles. The summed E-state index contributed by atoms with van der Waals surface area (Å²) >= 11 is 0. The van der Waals surface area contributed by atoms with Crippen LogP contribution in [0.1, 0.15) is 10.4 Å². The number of nitrogens with zero attached hydrogens (tertiary/aromatic N) is 2. The van der Waals surface area contributed by atoms with Crippen LogP contribution in [-0.4, -0.2) is 29.3 Å². The number of aromatic carboxylic acids is 1. The van der Waals surface area contributed by atoms with Gasteiger partial charge in [0, 0.05) is 19.3 Å². The Morgan fingerprint density at radius 2 is 2.00 bits per heavy atom. The first-order chi connectivity index (χ1) is 9.72. The van der Waals surface area contributed by atoms with Gasteiger partial charge in [-0.2, -0.15) is 5.10 Å². The third-order valence-electron chi connectivity index (χ3n) is 2.51. The fourth-order valence-corrected chi connectivity index (χ4v) is 2.68. The number of aryl methyl sites for hydroxylation is 1. The van der Waals surface area contributed by atoms with E-state index in [0.717, 1.165) is 0 Å². The predicted molar refractivity (Wildman–Crippen MR) is 67.3 cm³/mol. The zero-order valence-corrected chi connectivity index (χ0v) is 11.4. The van der Waals surface area contributed by atoms with Gasteiger partial charge in [0.2, 0.25) is 0 Å². The number of benzene rings is 1. The van der Waals surface area contributed by atoms with Crippen molar-refractivity contribution in [3.63, 3.8) is 0 Å². The van der Waals surface area contributed by atoms with Gasteiger partial charge in [-0.15, -0.1) is 0 Å². The van der Waals surface area contributed by atoms with Crippen LogP contribution in [0.2, 0.25) is 0 Å². The fourth-order valence-electron chi connectivity index (χ4n) is 1.60. The molecule has 0 unspecified atom stereocenters. The summed E-state index contributed by atoms with van der Waals surface area (Å²) in [5.74, 6) is -5.03. The number of carboxylic acid groups (broad SMARTS) is 1. The zero-order valence-electron chi connectivity index (χ0n) is 10.5. The van der Waals surface area contributed by atoms with E-state index >= 15 is 0 Å². The molecule has 0 amide bonds. The Morgan fingerprint density at radius 3 is 2.52 bits per heavy atom. The number of aromatic nitrogens is 2. The van der Waals surface area contributed by atoms with Crippen LogP contribution < -0.4 is 4.72 Å². The highest BCUT2D eigenvalue weighted by Crippen LogP contribution is 2.22. The van der Waals surface area contributed by atoms with Gasteiger partial charge in [0.25, 0.3) is 10.0 Å². The van der Waals surface area contributed by atoms with Gasteiger partial charge in [-0.1, -0.05) is 0 Å². The average Bonchev–Trinajstić information content (AvgIpc) is 2.72. The number of halogens is 2. The van der Waals surface area contributed by atoms with Crippen LogP contribution in [0.15, 0.2) is 29.3 Å². The first-order valence-electron chi connectivity index (χ1n) is 5.46. The number of carbonyl (C=O) groups is 1. The first kappa shape index (κ1) is 14.9. The van der Waals surface area contributed by atoms with Gasteiger partial charge >= 0.3 is 5.97 Å². The van der Waals surface area contributed by atoms with E-state index in [2.05, 4.69) is 5.10 Å². The molecule has 2 N–H and O–H groups in total. The fraction of sp³-hybridized carbons (Fsp3) is 0.0909. The van der Waals surface area contributed by atoms with Crippen molar-refractivity contribution in [2.24, 2.45) is 7.05 Å². The minimum atomic E-state index is -4.43. The van der Waals surface area contributed by atoms with Crippen LogP contribution in [-0.2, 0) is 17.1 Å². The predicted octanol–water partition coefficient (Wildman–Crippen LogP) is 1.20. The second-order valence-corrected chi connectivity index (χ2v) is 5.67. The number of sulfonamides is 1. The molecule has 0 saturated carbocycles. The van der Waals surface area contributed by atoms with Crippen LogP contribution in [0.3, 0.4) is 0 Å². The molecule has 0 radical (unpaired) electrons. The minimum Gasteiger partial charge on any atom is -0.477 e. The van der Waals surface area contributed by atoms with Crippen molar-refractivity contribution in [2.75, 3.05) is 4.72 Å². The van der Waals surface area contributed by atoms with E-state index in [9.17, 15) is 22.0 Å². The normalized spacial score (nSPS) is 11.4. The van der Waals surface area contributed by atoms with Gasteiger partial charge in [-0.05, 0) is 12.1 Å². The van der Waals surface area contributed by atoms with Gasteiger partial charge in [0.05, 0.1) is 0 Å². The summed E-state index contributed by atoms with van der Waals surface area (Å²) in [5, 5.41) is 12.5. The summed E-state index contributed by atoms with van der Waals surface area (Å²) in [6.07, 6.45) is 1.45. The highest BCUT2D eigenvalue weighted by atomic mass is 32.2. The molecule has 0 fully saturated rings. The SMILES string of the molecule is Cn1ccc(NS(=O)(=O)c2ccc(F)c(C(=O)O)c2F)n1. The van der Waals surface area contributed by atoms with Gasteiger partial charge in [-0.25, -0.2) is 22.0 Å². The van der Waals surface area contributed by atoms with Crippen LogP contribution in [0.4, 0.5) is 14.6 Å². The molecule has 112 valence electrons. The Labute approximate surface area is 117 Å². The van der Waals surface area contributed by atoms with Crippen molar-refractivity contribution >= 4 is 21.8 Å². The van der Waals surface area contributed by atoms with E-state index < -0.39 is 38.1 Å². The molecule has 0 aliphatic heterocycles. The van der Waals surface area contributed by atoms with Gasteiger partial charge in [-0.3, -0.25) is 9.40 Å². The first-order valence-corrected chi connectivity index (χ1v) is 6.94. The van der Waals surface area contributed by atoms with Gasteiger partial charge in [0.1, 0.15) is 16.3 Å². The van der Waals surface area contributed by atoms with Crippen molar-refractivity contribution in [2.45, 2.75) is 4.90 Å². The molecule has 0 atom stereocenters. The molecule has 0 saturated heterocycles. The van der Waals surface area contributed by atoms with E-state index in [1.807, 2.05) is 4.72 Å². The number of nitrogens with one attached hydrogen (secondary N) is 1. The van der Waals surface area contributed by atoms with Crippen LogP contribution in [0.25, 0.3) is 0 Å². The van der Waals surface area contributed by atoms with E-state index in [0.29, 0.717) is 12.1 Å². The van der Waals surface area contributed by atoms with Crippen molar-refractivity contribution in [1.82, 2.24) is 9.78 Å². The second-order valence-electron chi connectivity index (χ2n) is 4.02. The van der Waals surface area contributed by atoms with Crippen molar-refractivity contribution in [3.8, 4) is 0 Å².